The van der Waals surface area contributed by atoms with Gasteiger partial charge in [0, 0.05) is 5.56 Å². The topological polar surface area (TPSA) is 61.8 Å². The van der Waals surface area contributed by atoms with Crippen LogP contribution in [0.3, 0.4) is 0 Å². The molecular formula is C19H20O5. The van der Waals surface area contributed by atoms with Gasteiger partial charge in [-0.05, 0) is 31.5 Å². The molecule has 2 aromatic carbocycles. The molecule has 0 bridgehead atoms. The zero-order chi connectivity index (χ0) is 17.5. The second-order valence-corrected chi connectivity index (χ2v) is 5.10. The summed E-state index contributed by atoms with van der Waals surface area (Å²) < 4.78 is 16.1. The fraction of sp³-hybridized carbons (Fsp3) is 0.263. The van der Waals surface area contributed by atoms with Crippen LogP contribution in [0.2, 0.25) is 0 Å². The quantitative estimate of drug-likeness (QED) is 0.573. The molecule has 24 heavy (non-hydrogen) atoms. The number of methoxy groups -OCH3 is 1. The van der Waals surface area contributed by atoms with Gasteiger partial charge in [-0.2, -0.15) is 0 Å². The van der Waals surface area contributed by atoms with E-state index in [0.717, 1.165) is 5.56 Å². The summed E-state index contributed by atoms with van der Waals surface area (Å²) in [5.74, 6) is -0.0283. The molecule has 5 nitrogen and oxygen atoms in total. The number of esters is 1. The lowest BCUT2D eigenvalue weighted by Gasteiger charge is -2.14. The van der Waals surface area contributed by atoms with Crippen molar-refractivity contribution in [1.82, 2.24) is 0 Å². The van der Waals surface area contributed by atoms with E-state index in [4.69, 9.17) is 14.2 Å². The molecule has 0 aliphatic carbocycles. The second-order valence-electron chi connectivity index (χ2n) is 5.10. The number of benzene rings is 2. The van der Waals surface area contributed by atoms with Gasteiger partial charge in [-0.15, -0.1) is 0 Å². The first kappa shape index (κ1) is 17.5. The Morgan fingerprint density at radius 2 is 1.67 bits per heavy atom. The van der Waals surface area contributed by atoms with Crippen molar-refractivity contribution < 1.29 is 23.8 Å². The Morgan fingerprint density at radius 1 is 1.00 bits per heavy atom. The molecule has 126 valence electrons. The standard InChI is InChI=1S/C19H20O5/c1-4-23-19(21)16-11-18(17(22-3)10-15(16)13(2)20)24-12-14-8-6-5-7-9-14/h5-11H,4,12H2,1-3H3. The second kappa shape index (κ2) is 8.15. The fourth-order valence-corrected chi connectivity index (χ4v) is 2.24. The smallest absolute Gasteiger partial charge is 0.338 e. The third-order valence-corrected chi connectivity index (χ3v) is 3.42. The zero-order valence-electron chi connectivity index (χ0n) is 14.0. The SMILES string of the molecule is CCOC(=O)c1cc(OCc2ccccc2)c(OC)cc1C(C)=O. The number of hydrogen-bond donors (Lipinski definition) is 0. The highest BCUT2D eigenvalue weighted by atomic mass is 16.5. The number of ketones is 1. The van der Waals surface area contributed by atoms with Crippen molar-refractivity contribution >= 4 is 11.8 Å². The molecule has 0 heterocycles. The summed E-state index contributed by atoms with van der Waals surface area (Å²) in [5.41, 5.74) is 1.40. The molecule has 0 aromatic heterocycles. The van der Waals surface area contributed by atoms with E-state index in [-0.39, 0.29) is 23.5 Å². The van der Waals surface area contributed by atoms with Gasteiger partial charge in [0.05, 0.1) is 19.3 Å². The molecular weight excluding hydrogens is 308 g/mol. The monoisotopic (exact) mass is 328 g/mol. The molecule has 0 saturated carbocycles. The first-order valence-corrected chi connectivity index (χ1v) is 7.63. The average molecular weight is 328 g/mol. The number of Topliss-reactive ketones (excluding diaryl/α,β-unsaturated/α-hetero) is 1. The summed E-state index contributed by atoms with van der Waals surface area (Å²) >= 11 is 0. The highest BCUT2D eigenvalue weighted by Gasteiger charge is 2.20. The van der Waals surface area contributed by atoms with E-state index >= 15 is 0 Å². The zero-order valence-corrected chi connectivity index (χ0v) is 14.0. The molecule has 0 aliphatic heterocycles. The van der Waals surface area contributed by atoms with Crippen molar-refractivity contribution in [3.05, 3.63) is 59.2 Å². The minimum atomic E-state index is -0.560. The van der Waals surface area contributed by atoms with Gasteiger partial charge in [0.2, 0.25) is 0 Å². The molecule has 0 radical (unpaired) electrons. The van der Waals surface area contributed by atoms with Crippen LogP contribution in [0.25, 0.3) is 0 Å². The van der Waals surface area contributed by atoms with E-state index in [1.54, 1.807) is 6.92 Å². The van der Waals surface area contributed by atoms with Crippen LogP contribution in [-0.4, -0.2) is 25.5 Å². The molecule has 0 amide bonds. The van der Waals surface area contributed by atoms with Crippen LogP contribution in [0.1, 0.15) is 40.1 Å². The van der Waals surface area contributed by atoms with Crippen LogP contribution < -0.4 is 9.47 Å². The Bertz CT molecular complexity index is 722. The molecule has 2 rings (SSSR count). The van der Waals surface area contributed by atoms with Crippen molar-refractivity contribution in [1.29, 1.82) is 0 Å². The number of carbonyl (C=O) groups is 2. The lowest BCUT2D eigenvalue weighted by molar-refractivity contribution is 0.0522. The highest BCUT2D eigenvalue weighted by Crippen LogP contribution is 2.32. The van der Waals surface area contributed by atoms with Crippen LogP contribution in [0, 0.1) is 0 Å². The fourth-order valence-electron chi connectivity index (χ4n) is 2.24. The van der Waals surface area contributed by atoms with Crippen molar-refractivity contribution in [2.24, 2.45) is 0 Å². The average Bonchev–Trinajstić information content (AvgIpc) is 2.60. The van der Waals surface area contributed by atoms with Crippen molar-refractivity contribution in [2.75, 3.05) is 13.7 Å². The molecule has 5 heteroatoms. The summed E-state index contributed by atoms with van der Waals surface area (Å²) in [6.07, 6.45) is 0. The maximum Gasteiger partial charge on any atom is 0.338 e. The van der Waals surface area contributed by atoms with Crippen molar-refractivity contribution in [2.45, 2.75) is 20.5 Å². The largest absolute Gasteiger partial charge is 0.493 e. The molecule has 0 fully saturated rings. The van der Waals surface area contributed by atoms with Gasteiger partial charge in [-0.1, -0.05) is 30.3 Å². The van der Waals surface area contributed by atoms with Crippen molar-refractivity contribution in [3.8, 4) is 11.5 Å². The third-order valence-electron chi connectivity index (χ3n) is 3.42. The third kappa shape index (κ3) is 4.13. The first-order chi connectivity index (χ1) is 11.6. The number of hydrogen-bond acceptors (Lipinski definition) is 5. The Hall–Kier alpha value is -2.82. The molecule has 0 spiro atoms. The minimum absolute atomic E-state index is 0.174. The van der Waals surface area contributed by atoms with Crippen molar-refractivity contribution in [3.63, 3.8) is 0 Å². The predicted molar refractivity (Wildman–Crippen MR) is 89.7 cm³/mol. The lowest BCUT2D eigenvalue weighted by Crippen LogP contribution is -2.12. The molecule has 0 N–H and O–H groups in total. The molecule has 2 aromatic rings. The van der Waals surface area contributed by atoms with Gasteiger partial charge in [0.15, 0.2) is 17.3 Å². The Morgan fingerprint density at radius 3 is 2.25 bits per heavy atom. The maximum absolute atomic E-state index is 12.1. The summed E-state index contributed by atoms with van der Waals surface area (Å²) in [5, 5.41) is 0. The predicted octanol–water partition coefficient (Wildman–Crippen LogP) is 3.65. The summed E-state index contributed by atoms with van der Waals surface area (Å²) in [7, 11) is 1.48. The summed E-state index contributed by atoms with van der Waals surface area (Å²) in [4.78, 5) is 24.0. The van der Waals surface area contributed by atoms with Gasteiger partial charge in [0.25, 0.3) is 0 Å². The van der Waals surface area contributed by atoms with Gasteiger partial charge in [-0.25, -0.2) is 4.79 Å². The first-order valence-electron chi connectivity index (χ1n) is 7.63. The maximum atomic E-state index is 12.1. The Balaban J connectivity index is 2.36. The van der Waals surface area contributed by atoms with Crippen LogP contribution in [0.4, 0.5) is 0 Å². The van der Waals surface area contributed by atoms with E-state index < -0.39 is 5.97 Å². The number of rotatable bonds is 7. The molecule has 0 saturated heterocycles. The van der Waals surface area contributed by atoms with E-state index in [1.807, 2.05) is 30.3 Å². The van der Waals surface area contributed by atoms with Gasteiger partial charge >= 0.3 is 5.97 Å². The Kier molecular flexibility index (Phi) is 5.95. The van der Waals surface area contributed by atoms with Crippen LogP contribution >= 0.6 is 0 Å². The van der Waals surface area contributed by atoms with Crippen LogP contribution in [0.5, 0.6) is 11.5 Å². The number of carbonyl (C=O) groups excluding carboxylic acids is 2. The normalized spacial score (nSPS) is 10.1. The van der Waals surface area contributed by atoms with E-state index in [9.17, 15) is 9.59 Å². The van der Waals surface area contributed by atoms with Crippen LogP contribution in [-0.2, 0) is 11.3 Å². The van der Waals surface area contributed by atoms with Gasteiger partial charge in [-0.3, -0.25) is 4.79 Å². The lowest BCUT2D eigenvalue weighted by atomic mass is 10.0. The minimum Gasteiger partial charge on any atom is -0.493 e. The number of ether oxygens (including phenoxy) is 3. The molecule has 0 aliphatic rings. The molecule has 0 unspecified atom stereocenters. The summed E-state index contributed by atoms with van der Waals surface area (Å²) in [6, 6.07) is 12.6. The van der Waals surface area contributed by atoms with Gasteiger partial charge < -0.3 is 14.2 Å². The summed E-state index contributed by atoms with van der Waals surface area (Å²) in [6.45, 7) is 3.64. The van der Waals surface area contributed by atoms with Crippen LogP contribution in [0.15, 0.2) is 42.5 Å². The van der Waals surface area contributed by atoms with E-state index in [1.165, 1.54) is 26.2 Å². The highest BCUT2D eigenvalue weighted by molar-refractivity contribution is 6.06. The Labute approximate surface area is 141 Å². The van der Waals surface area contributed by atoms with E-state index in [0.29, 0.717) is 18.1 Å². The molecule has 0 atom stereocenters. The van der Waals surface area contributed by atoms with Gasteiger partial charge in [0.1, 0.15) is 6.61 Å². The van der Waals surface area contributed by atoms with E-state index in [2.05, 4.69) is 0 Å².